The van der Waals surface area contributed by atoms with E-state index in [4.69, 9.17) is 4.74 Å². The normalized spacial score (nSPS) is 23.5. The highest BCUT2D eigenvalue weighted by molar-refractivity contribution is 5.70. The lowest BCUT2D eigenvalue weighted by Crippen LogP contribution is -2.36. The third kappa shape index (κ3) is 2.13. The van der Waals surface area contributed by atoms with Gasteiger partial charge in [-0.3, -0.25) is 0 Å². The van der Waals surface area contributed by atoms with Crippen LogP contribution in [-0.2, 0) is 0 Å². The van der Waals surface area contributed by atoms with Crippen LogP contribution in [0, 0.1) is 6.92 Å². The van der Waals surface area contributed by atoms with Crippen LogP contribution in [0.15, 0.2) is 78.9 Å². The monoisotopic (exact) mass is 342 g/mol. The minimum absolute atomic E-state index is 0.0113. The van der Waals surface area contributed by atoms with Gasteiger partial charge >= 0.3 is 0 Å². The largest absolute Gasteiger partial charge is 0.466 e. The zero-order valence-corrected chi connectivity index (χ0v) is 15.0. The molecular weight excluding hydrogens is 320 g/mol. The molecule has 5 rings (SSSR count). The highest BCUT2D eigenvalue weighted by Gasteiger charge is 2.51. The summed E-state index contributed by atoms with van der Waals surface area (Å²) in [7, 11) is 0. The van der Waals surface area contributed by atoms with E-state index < -0.39 is 0 Å². The van der Waals surface area contributed by atoms with Gasteiger partial charge in [-0.1, -0.05) is 60.7 Å². The van der Waals surface area contributed by atoms with Gasteiger partial charge in [0.1, 0.15) is 11.9 Å². The van der Waals surface area contributed by atoms with Gasteiger partial charge in [-0.2, -0.15) is 0 Å². The standard InChI is InChI=1S/C23H22N2O/c1-16-10-6-7-13-19(16)24-17(2)23-25(20-14-8-9-15-21(20)26-23)22(24)18-11-4-3-5-12-18/h3-15,17,22-23H,1-2H3/t17-,22?,23?/m0/s1. The van der Waals surface area contributed by atoms with E-state index in [1.165, 1.54) is 22.5 Å². The number of hydrogen-bond acceptors (Lipinski definition) is 3. The number of fused-ring (bicyclic) bond motifs is 3. The van der Waals surface area contributed by atoms with E-state index in [1.54, 1.807) is 0 Å². The molecule has 2 aliphatic rings. The van der Waals surface area contributed by atoms with Crippen molar-refractivity contribution < 1.29 is 4.74 Å². The Balaban J connectivity index is 1.70. The van der Waals surface area contributed by atoms with Crippen LogP contribution in [0.5, 0.6) is 5.75 Å². The molecule has 0 aromatic heterocycles. The van der Waals surface area contributed by atoms with Crippen molar-refractivity contribution >= 4 is 11.4 Å². The van der Waals surface area contributed by atoms with Gasteiger partial charge < -0.3 is 14.5 Å². The summed E-state index contributed by atoms with van der Waals surface area (Å²) in [6, 6.07) is 28.0. The molecule has 0 amide bonds. The molecule has 0 bridgehead atoms. The Morgan fingerprint density at radius 3 is 2.15 bits per heavy atom. The second kappa shape index (κ2) is 5.80. The van der Waals surface area contributed by atoms with Crippen molar-refractivity contribution in [3.05, 3.63) is 90.0 Å². The number of anilines is 2. The Morgan fingerprint density at radius 1 is 0.731 bits per heavy atom. The van der Waals surface area contributed by atoms with Crippen molar-refractivity contribution in [2.24, 2.45) is 0 Å². The Labute approximate surface area is 154 Å². The van der Waals surface area contributed by atoms with Crippen LogP contribution in [0.25, 0.3) is 0 Å². The number of rotatable bonds is 2. The number of hydrogen-bond donors (Lipinski definition) is 0. The molecule has 0 N–H and O–H groups in total. The molecule has 2 heterocycles. The number of nitrogens with zero attached hydrogens (tertiary/aromatic N) is 2. The van der Waals surface area contributed by atoms with Crippen LogP contribution in [0.4, 0.5) is 11.4 Å². The number of para-hydroxylation sites is 3. The maximum atomic E-state index is 6.37. The van der Waals surface area contributed by atoms with Crippen molar-refractivity contribution in [1.82, 2.24) is 0 Å². The molecule has 1 saturated heterocycles. The Hall–Kier alpha value is -2.94. The maximum absolute atomic E-state index is 6.37. The molecule has 26 heavy (non-hydrogen) atoms. The fourth-order valence-corrected chi connectivity index (χ4v) is 4.34. The first kappa shape index (κ1) is 15.3. The van der Waals surface area contributed by atoms with Crippen molar-refractivity contribution in [1.29, 1.82) is 0 Å². The molecule has 0 aliphatic carbocycles. The average molecular weight is 342 g/mol. The molecule has 3 heteroatoms. The predicted octanol–water partition coefficient (Wildman–Crippen LogP) is 5.13. The van der Waals surface area contributed by atoms with Crippen LogP contribution >= 0.6 is 0 Å². The van der Waals surface area contributed by atoms with Crippen molar-refractivity contribution in [3.8, 4) is 5.75 Å². The summed E-state index contributed by atoms with van der Waals surface area (Å²) in [6.45, 7) is 4.45. The molecule has 0 saturated carbocycles. The molecular formula is C23H22N2O. The zero-order chi connectivity index (χ0) is 17.7. The zero-order valence-electron chi connectivity index (χ0n) is 15.0. The van der Waals surface area contributed by atoms with Crippen LogP contribution in [0.2, 0.25) is 0 Å². The molecule has 3 nitrogen and oxygen atoms in total. The van der Waals surface area contributed by atoms with Gasteiger partial charge in [0.05, 0.1) is 11.7 Å². The molecule has 0 spiro atoms. The van der Waals surface area contributed by atoms with E-state index in [1.807, 2.05) is 6.07 Å². The predicted molar refractivity (Wildman–Crippen MR) is 106 cm³/mol. The Morgan fingerprint density at radius 2 is 1.38 bits per heavy atom. The topological polar surface area (TPSA) is 15.7 Å². The molecule has 3 atom stereocenters. The second-order valence-electron chi connectivity index (χ2n) is 7.10. The molecule has 3 aromatic carbocycles. The fourth-order valence-electron chi connectivity index (χ4n) is 4.34. The van der Waals surface area contributed by atoms with Crippen LogP contribution in [0.1, 0.15) is 24.2 Å². The molecule has 2 unspecified atom stereocenters. The van der Waals surface area contributed by atoms with Gasteiger partial charge in [-0.15, -0.1) is 0 Å². The number of ether oxygens (including phenoxy) is 1. The van der Waals surface area contributed by atoms with E-state index in [9.17, 15) is 0 Å². The van der Waals surface area contributed by atoms with Crippen molar-refractivity contribution in [3.63, 3.8) is 0 Å². The quantitative estimate of drug-likeness (QED) is 0.642. The van der Waals surface area contributed by atoms with Gasteiger partial charge in [0, 0.05) is 5.69 Å². The first-order chi connectivity index (χ1) is 12.8. The smallest absolute Gasteiger partial charge is 0.194 e. The minimum atomic E-state index is 0.0113. The molecule has 130 valence electrons. The summed E-state index contributed by atoms with van der Waals surface area (Å²) in [4.78, 5) is 4.94. The molecule has 3 aromatic rings. The lowest BCUT2D eigenvalue weighted by molar-refractivity contribution is 0.222. The summed E-state index contributed by atoms with van der Waals surface area (Å²) < 4.78 is 6.37. The van der Waals surface area contributed by atoms with E-state index in [0.29, 0.717) is 0 Å². The van der Waals surface area contributed by atoms with Gasteiger partial charge in [0.15, 0.2) is 6.23 Å². The lowest BCUT2D eigenvalue weighted by atomic mass is 10.1. The van der Waals surface area contributed by atoms with Crippen LogP contribution < -0.4 is 14.5 Å². The lowest BCUT2D eigenvalue weighted by Gasteiger charge is -2.34. The van der Waals surface area contributed by atoms with Crippen molar-refractivity contribution in [2.75, 3.05) is 9.80 Å². The number of benzene rings is 3. The molecule has 1 fully saturated rings. The van der Waals surface area contributed by atoms with Gasteiger partial charge in [-0.25, -0.2) is 0 Å². The molecule has 0 radical (unpaired) electrons. The van der Waals surface area contributed by atoms with E-state index in [0.717, 1.165) is 5.75 Å². The highest BCUT2D eigenvalue weighted by Crippen LogP contribution is 2.51. The summed E-state index contributed by atoms with van der Waals surface area (Å²) in [5.74, 6) is 0.981. The Bertz CT molecular complexity index is 940. The third-order valence-electron chi connectivity index (χ3n) is 5.54. The van der Waals surface area contributed by atoms with E-state index in [2.05, 4.69) is 96.4 Å². The molecule has 2 aliphatic heterocycles. The average Bonchev–Trinajstić information content (AvgIpc) is 3.18. The SMILES string of the molecule is Cc1ccccc1N1C(c2ccccc2)N2c3ccccc3OC2[C@@H]1C. The van der Waals surface area contributed by atoms with Crippen molar-refractivity contribution in [2.45, 2.75) is 32.3 Å². The number of aryl methyl sites for hydroxylation is 1. The second-order valence-corrected chi connectivity index (χ2v) is 7.10. The van der Waals surface area contributed by atoms with Gasteiger partial charge in [0.2, 0.25) is 0 Å². The first-order valence-corrected chi connectivity index (χ1v) is 9.18. The van der Waals surface area contributed by atoms with E-state index >= 15 is 0 Å². The first-order valence-electron chi connectivity index (χ1n) is 9.18. The highest BCUT2D eigenvalue weighted by atomic mass is 16.5. The van der Waals surface area contributed by atoms with Gasteiger partial charge in [-0.05, 0) is 43.2 Å². The summed E-state index contributed by atoms with van der Waals surface area (Å²) in [5.41, 5.74) is 5.01. The minimum Gasteiger partial charge on any atom is -0.466 e. The summed E-state index contributed by atoms with van der Waals surface area (Å²) >= 11 is 0. The summed E-state index contributed by atoms with van der Waals surface area (Å²) in [6.07, 6.45) is 0.123. The van der Waals surface area contributed by atoms with E-state index in [-0.39, 0.29) is 18.4 Å². The fraction of sp³-hybridized carbons (Fsp3) is 0.217. The van der Waals surface area contributed by atoms with Crippen LogP contribution in [-0.4, -0.2) is 12.3 Å². The summed E-state index contributed by atoms with van der Waals surface area (Å²) in [5, 5.41) is 0. The maximum Gasteiger partial charge on any atom is 0.194 e. The third-order valence-corrected chi connectivity index (χ3v) is 5.54. The Kier molecular flexibility index (Phi) is 3.42. The van der Waals surface area contributed by atoms with Gasteiger partial charge in [0.25, 0.3) is 0 Å². The van der Waals surface area contributed by atoms with Crippen LogP contribution in [0.3, 0.4) is 0 Å².